The molecule has 0 aliphatic rings. The normalized spacial score (nSPS) is 9.07. The van der Waals surface area contributed by atoms with Crippen LogP contribution in [0.4, 0.5) is 4.39 Å². The molecular formula is C10H11FN2O. The van der Waals surface area contributed by atoms with Crippen LogP contribution in [0.5, 0.6) is 5.88 Å². The average molecular weight is 194 g/mol. The predicted octanol–water partition coefficient (Wildman–Crippen LogP) is 0.800. The number of halogens is 1. The molecule has 1 rings (SSSR count). The van der Waals surface area contributed by atoms with Gasteiger partial charge in [0.2, 0.25) is 5.88 Å². The van der Waals surface area contributed by atoms with Gasteiger partial charge in [-0.25, -0.2) is 9.37 Å². The van der Waals surface area contributed by atoms with E-state index in [2.05, 4.69) is 22.1 Å². The number of methoxy groups -OCH3 is 1. The van der Waals surface area contributed by atoms with Crippen molar-refractivity contribution in [3.63, 3.8) is 0 Å². The van der Waals surface area contributed by atoms with Gasteiger partial charge in [-0.1, -0.05) is 11.8 Å². The Labute approximate surface area is 82.3 Å². The van der Waals surface area contributed by atoms with Gasteiger partial charge < -0.3 is 10.1 Å². The van der Waals surface area contributed by atoms with Crippen molar-refractivity contribution in [1.29, 1.82) is 0 Å². The summed E-state index contributed by atoms with van der Waals surface area (Å²) in [4.78, 5) is 3.76. The first-order valence-corrected chi connectivity index (χ1v) is 4.11. The van der Waals surface area contributed by atoms with Crippen molar-refractivity contribution in [1.82, 2.24) is 10.3 Å². The van der Waals surface area contributed by atoms with Crippen LogP contribution in [0.25, 0.3) is 0 Å². The van der Waals surface area contributed by atoms with Crippen molar-refractivity contribution in [2.75, 3.05) is 20.7 Å². The molecule has 1 aromatic rings. The van der Waals surface area contributed by atoms with E-state index in [4.69, 9.17) is 4.74 Å². The molecule has 0 bridgehead atoms. The molecule has 0 fully saturated rings. The number of ether oxygens (including phenoxy) is 1. The van der Waals surface area contributed by atoms with E-state index < -0.39 is 5.82 Å². The first-order chi connectivity index (χ1) is 6.77. The van der Waals surface area contributed by atoms with Crippen molar-refractivity contribution >= 4 is 0 Å². The van der Waals surface area contributed by atoms with Gasteiger partial charge in [-0.15, -0.1) is 0 Å². The minimum atomic E-state index is -0.417. The van der Waals surface area contributed by atoms with Crippen LogP contribution in [0.15, 0.2) is 12.3 Å². The Morgan fingerprint density at radius 2 is 2.43 bits per heavy atom. The molecule has 0 saturated carbocycles. The molecule has 0 atom stereocenters. The highest BCUT2D eigenvalue weighted by molar-refractivity contribution is 5.41. The van der Waals surface area contributed by atoms with E-state index in [9.17, 15) is 4.39 Å². The maximum Gasteiger partial charge on any atom is 0.229 e. The Hall–Kier alpha value is -1.60. The second-order valence-corrected chi connectivity index (χ2v) is 2.54. The lowest BCUT2D eigenvalue weighted by molar-refractivity contribution is 0.394. The number of hydrogen-bond donors (Lipinski definition) is 1. The Morgan fingerprint density at radius 3 is 3.07 bits per heavy atom. The van der Waals surface area contributed by atoms with Gasteiger partial charge in [-0.05, 0) is 13.1 Å². The quantitative estimate of drug-likeness (QED) is 0.707. The lowest BCUT2D eigenvalue weighted by atomic mass is 10.2. The van der Waals surface area contributed by atoms with E-state index in [1.165, 1.54) is 13.2 Å². The van der Waals surface area contributed by atoms with Crippen LogP contribution in [0.1, 0.15) is 5.56 Å². The van der Waals surface area contributed by atoms with Gasteiger partial charge in [0.15, 0.2) is 0 Å². The molecule has 0 radical (unpaired) electrons. The van der Waals surface area contributed by atoms with Crippen molar-refractivity contribution < 1.29 is 9.13 Å². The van der Waals surface area contributed by atoms with Gasteiger partial charge in [0.25, 0.3) is 0 Å². The summed E-state index contributed by atoms with van der Waals surface area (Å²) >= 11 is 0. The fourth-order valence-electron chi connectivity index (χ4n) is 0.907. The van der Waals surface area contributed by atoms with Gasteiger partial charge in [0.1, 0.15) is 5.82 Å². The summed E-state index contributed by atoms with van der Waals surface area (Å²) in [6.45, 7) is 0.541. The smallest absolute Gasteiger partial charge is 0.229 e. The molecule has 4 heteroatoms. The van der Waals surface area contributed by atoms with Crippen LogP contribution in [-0.2, 0) is 0 Å². The zero-order valence-electron chi connectivity index (χ0n) is 8.10. The second-order valence-electron chi connectivity index (χ2n) is 2.54. The summed E-state index contributed by atoms with van der Waals surface area (Å²) < 4.78 is 17.7. The van der Waals surface area contributed by atoms with Crippen LogP contribution >= 0.6 is 0 Å². The van der Waals surface area contributed by atoms with Crippen molar-refractivity contribution in [3.05, 3.63) is 23.6 Å². The molecule has 0 aliphatic carbocycles. The Bertz CT molecular complexity index is 368. The van der Waals surface area contributed by atoms with Crippen molar-refractivity contribution in [2.45, 2.75) is 0 Å². The first kappa shape index (κ1) is 10.5. The number of pyridine rings is 1. The predicted molar refractivity (Wildman–Crippen MR) is 51.6 cm³/mol. The molecule has 1 heterocycles. The maximum absolute atomic E-state index is 12.8. The van der Waals surface area contributed by atoms with E-state index in [1.807, 2.05) is 0 Å². The van der Waals surface area contributed by atoms with Crippen molar-refractivity contribution in [3.8, 4) is 17.7 Å². The molecule has 74 valence electrons. The molecular weight excluding hydrogens is 183 g/mol. The number of hydrogen-bond acceptors (Lipinski definition) is 3. The molecule has 0 aliphatic heterocycles. The molecule has 1 N–H and O–H groups in total. The van der Waals surface area contributed by atoms with Gasteiger partial charge in [-0.2, -0.15) is 0 Å². The lowest BCUT2D eigenvalue weighted by Gasteiger charge is -2.00. The maximum atomic E-state index is 12.8. The number of nitrogens with zero attached hydrogens (tertiary/aromatic N) is 1. The largest absolute Gasteiger partial charge is 0.480 e. The molecule has 0 aromatic carbocycles. The number of aromatic nitrogens is 1. The SMILES string of the molecule is CNCC#Cc1cc(F)cnc1OC. The van der Waals surface area contributed by atoms with Crippen LogP contribution in [0.3, 0.4) is 0 Å². The van der Waals surface area contributed by atoms with Crippen LogP contribution in [-0.4, -0.2) is 25.7 Å². The highest BCUT2D eigenvalue weighted by Crippen LogP contribution is 2.13. The summed E-state index contributed by atoms with van der Waals surface area (Å²) in [7, 11) is 3.26. The van der Waals surface area contributed by atoms with Crippen LogP contribution in [0, 0.1) is 17.7 Å². The minimum absolute atomic E-state index is 0.343. The minimum Gasteiger partial charge on any atom is -0.480 e. The number of nitrogens with one attached hydrogen (secondary N) is 1. The number of rotatable bonds is 2. The third kappa shape index (κ3) is 2.71. The Morgan fingerprint density at radius 1 is 1.64 bits per heavy atom. The Kier molecular flexibility index (Phi) is 3.89. The van der Waals surface area contributed by atoms with Gasteiger partial charge in [-0.3, -0.25) is 0 Å². The first-order valence-electron chi connectivity index (χ1n) is 4.11. The van der Waals surface area contributed by atoms with Crippen LogP contribution in [0.2, 0.25) is 0 Å². The Balaban J connectivity index is 2.94. The van der Waals surface area contributed by atoms with Gasteiger partial charge >= 0.3 is 0 Å². The van der Waals surface area contributed by atoms with E-state index in [0.717, 1.165) is 6.20 Å². The average Bonchev–Trinajstić information content (AvgIpc) is 2.19. The third-order valence-corrected chi connectivity index (χ3v) is 1.50. The monoisotopic (exact) mass is 194 g/mol. The van der Waals surface area contributed by atoms with E-state index in [1.54, 1.807) is 7.05 Å². The summed E-state index contributed by atoms with van der Waals surface area (Å²) in [6.07, 6.45) is 1.10. The van der Waals surface area contributed by atoms with Gasteiger partial charge in [0, 0.05) is 0 Å². The van der Waals surface area contributed by atoms with Gasteiger partial charge in [0.05, 0.1) is 25.4 Å². The summed E-state index contributed by atoms with van der Waals surface area (Å²) in [6, 6.07) is 1.30. The molecule has 1 aromatic heterocycles. The standard InChI is InChI=1S/C10H11FN2O/c1-12-5-3-4-8-6-9(11)7-13-10(8)14-2/h6-7,12H,5H2,1-2H3. The zero-order chi connectivity index (χ0) is 10.4. The van der Waals surface area contributed by atoms with Crippen LogP contribution < -0.4 is 10.1 Å². The molecule has 0 unspecified atom stereocenters. The lowest BCUT2D eigenvalue weighted by Crippen LogP contribution is -2.04. The molecule has 0 amide bonds. The molecule has 14 heavy (non-hydrogen) atoms. The fraction of sp³-hybridized carbons (Fsp3) is 0.300. The topological polar surface area (TPSA) is 34.2 Å². The second kappa shape index (κ2) is 5.20. The van der Waals surface area contributed by atoms with Crippen molar-refractivity contribution in [2.24, 2.45) is 0 Å². The highest BCUT2D eigenvalue weighted by atomic mass is 19.1. The summed E-state index contributed by atoms with van der Waals surface area (Å²) in [5, 5.41) is 2.86. The fourth-order valence-corrected chi connectivity index (χ4v) is 0.907. The molecule has 0 saturated heterocycles. The third-order valence-electron chi connectivity index (χ3n) is 1.50. The molecule has 0 spiro atoms. The highest BCUT2D eigenvalue weighted by Gasteiger charge is 2.02. The summed E-state index contributed by atoms with van der Waals surface area (Å²) in [5.41, 5.74) is 0.461. The van der Waals surface area contributed by atoms with E-state index in [0.29, 0.717) is 18.0 Å². The molecule has 3 nitrogen and oxygen atoms in total. The van der Waals surface area contributed by atoms with E-state index >= 15 is 0 Å². The summed E-state index contributed by atoms with van der Waals surface area (Å²) in [5.74, 6) is 5.50. The zero-order valence-corrected chi connectivity index (χ0v) is 8.10. The van der Waals surface area contributed by atoms with E-state index in [-0.39, 0.29) is 0 Å².